The molecule has 1 aliphatic carbocycles. The van der Waals surface area contributed by atoms with Crippen LogP contribution in [0.5, 0.6) is 0 Å². The molecule has 0 atom stereocenters. The zero-order chi connectivity index (χ0) is 9.60. The highest BCUT2D eigenvalue weighted by molar-refractivity contribution is 5.80. The topological polar surface area (TPSA) is 36.0 Å². The predicted molar refractivity (Wildman–Crippen MR) is 56.3 cm³/mol. The third-order valence-electron chi connectivity index (χ3n) is 3.26. The van der Waals surface area contributed by atoms with Crippen LogP contribution in [0.2, 0.25) is 0 Å². The fourth-order valence-corrected chi connectivity index (χ4v) is 2.02. The van der Waals surface area contributed by atoms with E-state index in [0.717, 1.165) is 12.8 Å². The first-order valence-corrected chi connectivity index (χ1v) is 5.03. The Bertz CT molecular complexity index is 435. The Morgan fingerprint density at radius 3 is 2.71 bits per heavy atom. The third kappa shape index (κ3) is 1.01. The molecule has 3 rings (SSSR count). The molecule has 2 heteroatoms. The van der Waals surface area contributed by atoms with E-state index in [4.69, 9.17) is 0 Å². The summed E-state index contributed by atoms with van der Waals surface area (Å²) in [5.41, 5.74) is 2.42. The normalized spacial score (nSPS) is 18.6. The fraction of sp³-hybridized carbons (Fsp3) is 0.333. The van der Waals surface area contributed by atoms with Crippen molar-refractivity contribution in [1.82, 2.24) is 4.98 Å². The Morgan fingerprint density at radius 1 is 1.29 bits per heavy atom. The quantitative estimate of drug-likeness (QED) is 0.742. The second kappa shape index (κ2) is 2.61. The maximum atomic E-state index is 9.32. The van der Waals surface area contributed by atoms with Gasteiger partial charge in [0.1, 0.15) is 0 Å². The lowest BCUT2D eigenvalue weighted by Gasteiger charge is -2.07. The average Bonchev–Trinajstić information content (AvgIpc) is 2.91. The van der Waals surface area contributed by atoms with Gasteiger partial charge < -0.3 is 10.1 Å². The SMILES string of the molecule is OCC1(c2cc3ccccc3[nH]2)CC1. The third-order valence-corrected chi connectivity index (χ3v) is 3.26. The Morgan fingerprint density at radius 2 is 2.07 bits per heavy atom. The number of hydrogen-bond donors (Lipinski definition) is 2. The van der Waals surface area contributed by atoms with Gasteiger partial charge in [-0.05, 0) is 30.4 Å². The van der Waals surface area contributed by atoms with Crippen LogP contribution in [0.25, 0.3) is 10.9 Å². The highest BCUT2D eigenvalue weighted by atomic mass is 16.3. The number of aliphatic hydroxyl groups is 1. The predicted octanol–water partition coefficient (Wildman–Crippen LogP) is 2.19. The number of nitrogens with one attached hydrogen (secondary N) is 1. The minimum atomic E-state index is 0.0546. The molecule has 0 unspecified atom stereocenters. The maximum absolute atomic E-state index is 9.32. The minimum absolute atomic E-state index is 0.0546. The minimum Gasteiger partial charge on any atom is -0.395 e. The van der Waals surface area contributed by atoms with E-state index in [9.17, 15) is 5.11 Å². The van der Waals surface area contributed by atoms with Crippen LogP contribution >= 0.6 is 0 Å². The van der Waals surface area contributed by atoms with E-state index in [-0.39, 0.29) is 12.0 Å². The van der Waals surface area contributed by atoms with Crippen LogP contribution in [-0.4, -0.2) is 16.7 Å². The van der Waals surface area contributed by atoms with E-state index in [1.165, 1.54) is 16.6 Å². The summed E-state index contributed by atoms with van der Waals surface area (Å²) in [4.78, 5) is 3.39. The number of aliphatic hydroxyl groups excluding tert-OH is 1. The van der Waals surface area contributed by atoms with Crippen molar-refractivity contribution < 1.29 is 5.11 Å². The van der Waals surface area contributed by atoms with Crippen molar-refractivity contribution in [3.8, 4) is 0 Å². The number of H-pyrrole nitrogens is 1. The second-order valence-electron chi connectivity index (χ2n) is 4.21. The van der Waals surface area contributed by atoms with E-state index < -0.39 is 0 Å². The van der Waals surface area contributed by atoms with Gasteiger partial charge >= 0.3 is 0 Å². The summed E-state index contributed by atoms with van der Waals surface area (Å²) in [6, 6.07) is 10.4. The van der Waals surface area contributed by atoms with E-state index in [1.54, 1.807) is 0 Å². The molecular weight excluding hydrogens is 174 g/mol. The summed E-state index contributed by atoms with van der Waals surface area (Å²) in [6.45, 7) is 0.264. The lowest BCUT2D eigenvalue weighted by Crippen LogP contribution is -2.11. The van der Waals surface area contributed by atoms with Crippen molar-refractivity contribution >= 4 is 10.9 Å². The lowest BCUT2D eigenvalue weighted by molar-refractivity contribution is 0.253. The molecule has 14 heavy (non-hydrogen) atoms. The number of aromatic nitrogens is 1. The number of rotatable bonds is 2. The molecule has 72 valence electrons. The number of hydrogen-bond acceptors (Lipinski definition) is 1. The average molecular weight is 187 g/mol. The van der Waals surface area contributed by atoms with E-state index in [2.05, 4.69) is 23.2 Å². The molecule has 0 spiro atoms. The molecule has 0 amide bonds. The van der Waals surface area contributed by atoms with Crippen LogP contribution in [0.3, 0.4) is 0 Å². The molecule has 1 saturated carbocycles. The molecule has 1 aromatic carbocycles. The van der Waals surface area contributed by atoms with Crippen LogP contribution in [0.4, 0.5) is 0 Å². The van der Waals surface area contributed by atoms with Gasteiger partial charge in [-0.15, -0.1) is 0 Å². The van der Waals surface area contributed by atoms with Crippen molar-refractivity contribution in [2.45, 2.75) is 18.3 Å². The standard InChI is InChI=1S/C12H13NO/c14-8-12(5-6-12)11-7-9-3-1-2-4-10(9)13-11/h1-4,7,13-14H,5-6,8H2. The smallest absolute Gasteiger partial charge is 0.0542 e. The molecule has 2 N–H and O–H groups in total. The molecular formula is C12H13NO. The Hall–Kier alpha value is -1.28. The molecule has 0 bridgehead atoms. The van der Waals surface area contributed by atoms with Gasteiger partial charge in [0.15, 0.2) is 0 Å². The van der Waals surface area contributed by atoms with Gasteiger partial charge in [-0.1, -0.05) is 18.2 Å². The molecule has 2 nitrogen and oxygen atoms in total. The van der Waals surface area contributed by atoms with Crippen molar-refractivity contribution in [3.05, 3.63) is 36.0 Å². The van der Waals surface area contributed by atoms with Gasteiger partial charge in [0.25, 0.3) is 0 Å². The van der Waals surface area contributed by atoms with Crippen molar-refractivity contribution in [3.63, 3.8) is 0 Å². The van der Waals surface area contributed by atoms with Crippen molar-refractivity contribution in [2.75, 3.05) is 6.61 Å². The maximum Gasteiger partial charge on any atom is 0.0542 e. The number of benzene rings is 1. The Labute approximate surface area is 82.6 Å². The van der Waals surface area contributed by atoms with E-state index in [0.29, 0.717) is 0 Å². The number of fused-ring (bicyclic) bond motifs is 1. The summed E-state index contributed by atoms with van der Waals surface area (Å²) in [6.07, 6.45) is 2.21. The van der Waals surface area contributed by atoms with E-state index in [1.807, 2.05) is 12.1 Å². The van der Waals surface area contributed by atoms with Crippen LogP contribution in [-0.2, 0) is 5.41 Å². The zero-order valence-corrected chi connectivity index (χ0v) is 7.96. The Balaban J connectivity index is 2.15. The van der Waals surface area contributed by atoms with Crippen LogP contribution in [0.15, 0.2) is 30.3 Å². The second-order valence-corrected chi connectivity index (χ2v) is 4.21. The summed E-state index contributed by atoms with van der Waals surface area (Å²) >= 11 is 0. The monoisotopic (exact) mass is 187 g/mol. The van der Waals surface area contributed by atoms with E-state index >= 15 is 0 Å². The van der Waals surface area contributed by atoms with Gasteiger partial charge in [-0.25, -0.2) is 0 Å². The summed E-state index contributed by atoms with van der Waals surface area (Å²) in [5.74, 6) is 0. The Kier molecular flexibility index (Phi) is 1.50. The molecule has 2 aromatic rings. The van der Waals surface area contributed by atoms with Crippen molar-refractivity contribution in [2.24, 2.45) is 0 Å². The van der Waals surface area contributed by atoms with Crippen LogP contribution in [0.1, 0.15) is 18.5 Å². The van der Waals surface area contributed by atoms with Crippen molar-refractivity contribution in [1.29, 1.82) is 0 Å². The summed E-state index contributed by atoms with van der Waals surface area (Å²) < 4.78 is 0. The van der Waals surface area contributed by atoms with Gasteiger partial charge in [0.05, 0.1) is 6.61 Å². The largest absolute Gasteiger partial charge is 0.395 e. The summed E-state index contributed by atoms with van der Waals surface area (Å²) in [5, 5.41) is 10.6. The van der Waals surface area contributed by atoms with Gasteiger partial charge in [-0.2, -0.15) is 0 Å². The first kappa shape index (κ1) is 8.06. The van der Waals surface area contributed by atoms with Gasteiger partial charge in [-0.3, -0.25) is 0 Å². The van der Waals surface area contributed by atoms with Gasteiger partial charge in [0.2, 0.25) is 0 Å². The number of aromatic amines is 1. The lowest BCUT2D eigenvalue weighted by atomic mass is 10.0. The molecule has 1 heterocycles. The molecule has 1 aliphatic rings. The fourth-order valence-electron chi connectivity index (χ4n) is 2.02. The molecule has 1 aromatic heterocycles. The molecule has 1 fully saturated rings. The van der Waals surface area contributed by atoms with Crippen LogP contribution in [0, 0.1) is 0 Å². The molecule has 0 aliphatic heterocycles. The highest BCUT2D eigenvalue weighted by Gasteiger charge is 2.44. The summed E-state index contributed by atoms with van der Waals surface area (Å²) in [7, 11) is 0. The van der Waals surface area contributed by atoms with Crippen LogP contribution < -0.4 is 0 Å². The zero-order valence-electron chi connectivity index (χ0n) is 7.96. The first-order chi connectivity index (χ1) is 6.84. The highest BCUT2D eigenvalue weighted by Crippen LogP contribution is 2.47. The first-order valence-electron chi connectivity index (χ1n) is 5.03. The molecule has 0 radical (unpaired) electrons. The van der Waals surface area contributed by atoms with Gasteiger partial charge in [0, 0.05) is 16.6 Å². The number of para-hydroxylation sites is 1. The molecule has 0 saturated heterocycles.